The lowest BCUT2D eigenvalue weighted by atomic mass is 9.92. The van der Waals surface area contributed by atoms with Gasteiger partial charge in [0.05, 0.1) is 0 Å². The van der Waals surface area contributed by atoms with Gasteiger partial charge in [-0.1, -0.05) is 35.9 Å². The van der Waals surface area contributed by atoms with E-state index in [9.17, 15) is 23.2 Å². The first-order chi connectivity index (χ1) is 14.6. The van der Waals surface area contributed by atoms with Gasteiger partial charge >= 0.3 is 12.6 Å². The molecule has 1 aliphatic heterocycles. The van der Waals surface area contributed by atoms with Crippen molar-refractivity contribution in [3.63, 3.8) is 0 Å². The van der Waals surface area contributed by atoms with E-state index in [1.165, 1.54) is 24.1 Å². The maximum Gasteiger partial charge on any atom is 0.387 e. The molecule has 1 aliphatic rings. The molecule has 0 aromatic heterocycles. The SMILES string of the molecule is CN(Cc1ccc(OC(F)F)cc1)C(=O)CN1C(=O)N[C@@](C)(c2ccc(Cl)cc2)C1=O. The van der Waals surface area contributed by atoms with Crippen molar-refractivity contribution in [1.29, 1.82) is 0 Å². The second kappa shape index (κ2) is 8.89. The highest BCUT2D eigenvalue weighted by molar-refractivity contribution is 6.30. The van der Waals surface area contributed by atoms with Crippen LogP contribution < -0.4 is 10.1 Å². The minimum atomic E-state index is -2.92. The Morgan fingerprint density at radius 1 is 1.16 bits per heavy atom. The van der Waals surface area contributed by atoms with Gasteiger partial charge in [0.2, 0.25) is 5.91 Å². The summed E-state index contributed by atoms with van der Waals surface area (Å²) in [7, 11) is 1.52. The lowest BCUT2D eigenvalue weighted by Gasteiger charge is -2.23. The number of hydrogen-bond acceptors (Lipinski definition) is 4. The van der Waals surface area contributed by atoms with Crippen molar-refractivity contribution in [2.45, 2.75) is 25.6 Å². The number of hydrogen-bond donors (Lipinski definition) is 1. The number of rotatable bonds is 7. The smallest absolute Gasteiger partial charge is 0.387 e. The third-order valence-electron chi connectivity index (χ3n) is 4.98. The van der Waals surface area contributed by atoms with Crippen LogP contribution in [0.5, 0.6) is 5.75 Å². The number of benzene rings is 2. The largest absolute Gasteiger partial charge is 0.435 e. The molecule has 1 fully saturated rings. The molecule has 0 unspecified atom stereocenters. The Kier molecular flexibility index (Phi) is 6.45. The summed E-state index contributed by atoms with van der Waals surface area (Å²) < 4.78 is 28.7. The highest BCUT2D eigenvalue weighted by Gasteiger charge is 2.49. The van der Waals surface area contributed by atoms with Gasteiger partial charge in [-0.25, -0.2) is 4.79 Å². The minimum absolute atomic E-state index is 0.00792. The highest BCUT2D eigenvalue weighted by Crippen LogP contribution is 2.29. The van der Waals surface area contributed by atoms with Crippen LogP contribution in [0.2, 0.25) is 5.02 Å². The first-order valence-electron chi connectivity index (χ1n) is 9.28. The molecular formula is C21H20ClF2N3O4. The minimum Gasteiger partial charge on any atom is -0.435 e. The summed E-state index contributed by atoms with van der Waals surface area (Å²) in [5.41, 5.74) is -0.0912. The predicted octanol–water partition coefficient (Wildman–Crippen LogP) is 3.37. The molecular weight excluding hydrogens is 432 g/mol. The van der Waals surface area contributed by atoms with Gasteiger partial charge in [0, 0.05) is 18.6 Å². The fourth-order valence-electron chi connectivity index (χ4n) is 3.21. The van der Waals surface area contributed by atoms with E-state index >= 15 is 0 Å². The fourth-order valence-corrected chi connectivity index (χ4v) is 3.34. The Labute approximate surface area is 182 Å². The maximum atomic E-state index is 12.9. The summed E-state index contributed by atoms with van der Waals surface area (Å²) in [4.78, 5) is 40.1. The van der Waals surface area contributed by atoms with Crippen LogP contribution in [0.25, 0.3) is 0 Å². The number of carbonyl (C=O) groups is 3. The van der Waals surface area contributed by atoms with Crippen molar-refractivity contribution in [2.24, 2.45) is 0 Å². The van der Waals surface area contributed by atoms with Gasteiger partial charge in [-0.2, -0.15) is 8.78 Å². The van der Waals surface area contributed by atoms with Crippen molar-refractivity contribution < 1.29 is 27.9 Å². The summed E-state index contributed by atoms with van der Waals surface area (Å²) >= 11 is 5.89. The van der Waals surface area contributed by atoms with E-state index in [1.807, 2.05) is 0 Å². The van der Waals surface area contributed by atoms with Crippen LogP contribution in [0.15, 0.2) is 48.5 Å². The number of nitrogens with one attached hydrogen (secondary N) is 1. The quantitative estimate of drug-likeness (QED) is 0.655. The van der Waals surface area contributed by atoms with Gasteiger partial charge in [0.1, 0.15) is 17.8 Å². The standard InChI is InChI=1S/C21H20ClF2N3O4/c1-21(14-5-7-15(22)8-6-14)18(29)27(20(30)25-21)12-17(28)26(2)11-13-3-9-16(10-4-13)31-19(23)24/h3-10,19H,11-12H2,1-2H3,(H,25,30)/t21-/m0/s1. The summed E-state index contributed by atoms with van der Waals surface area (Å²) in [6, 6.07) is 11.7. The number of amides is 4. The first-order valence-corrected chi connectivity index (χ1v) is 9.66. The number of nitrogens with zero attached hydrogens (tertiary/aromatic N) is 2. The van der Waals surface area contributed by atoms with Crippen molar-refractivity contribution in [1.82, 2.24) is 15.1 Å². The average Bonchev–Trinajstić information content (AvgIpc) is 2.93. The molecule has 164 valence electrons. The lowest BCUT2D eigenvalue weighted by molar-refractivity contribution is -0.138. The number of likely N-dealkylation sites (N-methyl/N-ethyl adjacent to an activating group) is 1. The monoisotopic (exact) mass is 451 g/mol. The zero-order valence-corrected chi connectivity index (χ0v) is 17.5. The Morgan fingerprint density at radius 3 is 2.35 bits per heavy atom. The molecule has 0 bridgehead atoms. The molecule has 1 saturated heterocycles. The van der Waals surface area contributed by atoms with Gasteiger partial charge in [-0.05, 0) is 42.3 Å². The highest BCUT2D eigenvalue weighted by atomic mass is 35.5. The number of halogens is 3. The molecule has 0 aliphatic carbocycles. The number of urea groups is 1. The van der Waals surface area contributed by atoms with Crippen molar-refractivity contribution in [3.8, 4) is 5.75 Å². The molecule has 2 aromatic carbocycles. The van der Waals surface area contributed by atoms with E-state index in [1.54, 1.807) is 43.3 Å². The van der Waals surface area contributed by atoms with E-state index in [2.05, 4.69) is 10.1 Å². The molecule has 1 heterocycles. The molecule has 31 heavy (non-hydrogen) atoms. The average molecular weight is 452 g/mol. The molecule has 1 atom stereocenters. The Balaban J connectivity index is 1.64. The summed E-state index contributed by atoms with van der Waals surface area (Å²) in [6.07, 6.45) is 0. The number of imide groups is 1. The van der Waals surface area contributed by atoms with Crippen molar-refractivity contribution in [2.75, 3.05) is 13.6 Å². The first kappa shape index (κ1) is 22.5. The summed E-state index contributed by atoms with van der Waals surface area (Å²) in [6.45, 7) is -1.63. The Bertz CT molecular complexity index is 985. The van der Waals surface area contributed by atoms with Crippen LogP contribution in [0.4, 0.5) is 13.6 Å². The molecule has 1 N–H and O–H groups in total. The van der Waals surface area contributed by atoms with E-state index in [4.69, 9.17) is 11.6 Å². The molecule has 10 heteroatoms. The molecule has 3 rings (SSSR count). The molecule has 7 nitrogen and oxygen atoms in total. The van der Waals surface area contributed by atoms with Gasteiger partial charge in [-0.3, -0.25) is 14.5 Å². The van der Waals surface area contributed by atoms with Gasteiger partial charge in [0.15, 0.2) is 0 Å². The normalized spacial score (nSPS) is 18.3. The van der Waals surface area contributed by atoms with Crippen LogP contribution >= 0.6 is 11.6 Å². The third kappa shape index (κ3) is 4.93. The summed E-state index contributed by atoms with van der Waals surface area (Å²) in [5.74, 6) is -1.000. The molecule has 0 spiro atoms. The second-order valence-electron chi connectivity index (χ2n) is 7.23. The third-order valence-corrected chi connectivity index (χ3v) is 5.24. The lowest BCUT2D eigenvalue weighted by Crippen LogP contribution is -2.43. The van der Waals surface area contributed by atoms with E-state index < -0.39 is 36.5 Å². The molecule has 2 aromatic rings. The Morgan fingerprint density at radius 2 is 1.77 bits per heavy atom. The van der Waals surface area contributed by atoms with E-state index in [-0.39, 0.29) is 12.3 Å². The van der Waals surface area contributed by atoms with Crippen molar-refractivity contribution >= 4 is 29.4 Å². The molecule has 4 amide bonds. The maximum absolute atomic E-state index is 12.9. The number of ether oxygens (including phenoxy) is 1. The number of carbonyl (C=O) groups excluding carboxylic acids is 3. The summed E-state index contributed by atoms with van der Waals surface area (Å²) in [5, 5.41) is 3.12. The zero-order chi connectivity index (χ0) is 22.8. The van der Waals surface area contributed by atoms with Gasteiger partial charge in [0.25, 0.3) is 5.91 Å². The predicted molar refractivity (Wildman–Crippen MR) is 109 cm³/mol. The van der Waals surface area contributed by atoms with E-state index in [0.717, 1.165) is 4.90 Å². The molecule has 0 radical (unpaired) electrons. The van der Waals surface area contributed by atoms with Crippen LogP contribution in [0.3, 0.4) is 0 Å². The van der Waals surface area contributed by atoms with Crippen LogP contribution in [0.1, 0.15) is 18.1 Å². The fraction of sp³-hybridized carbons (Fsp3) is 0.286. The van der Waals surface area contributed by atoms with Gasteiger partial charge < -0.3 is 15.0 Å². The van der Waals surface area contributed by atoms with Crippen LogP contribution in [-0.4, -0.2) is 47.8 Å². The van der Waals surface area contributed by atoms with Crippen LogP contribution in [0, 0.1) is 0 Å². The second-order valence-corrected chi connectivity index (χ2v) is 7.66. The molecule has 0 saturated carbocycles. The van der Waals surface area contributed by atoms with Crippen molar-refractivity contribution in [3.05, 3.63) is 64.7 Å². The van der Waals surface area contributed by atoms with E-state index in [0.29, 0.717) is 16.1 Å². The zero-order valence-electron chi connectivity index (χ0n) is 16.8. The Hall–Kier alpha value is -3.20. The number of alkyl halides is 2. The topological polar surface area (TPSA) is 79.0 Å². The van der Waals surface area contributed by atoms with Crippen LogP contribution in [-0.2, 0) is 21.7 Å². The van der Waals surface area contributed by atoms with Gasteiger partial charge in [-0.15, -0.1) is 0 Å².